The lowest BCUT2D eigenvalue weighted by molar-refractivity contribution is -0.236. The number of nitrogens with one attached hydrogen (secondary N) is 2. The van der Waals surface area contributed by atoms with Crippen molar-refractivity contribution in [2.24, 2.45) is 11.1 Å². The molecule has 4 heterocycles. The van der Waals surface area contributed by atoms with Gasteiger partial charge in [0.2, 0.25) is 12.2 Å². The summed E-state index contributed by atoms with van der Waals surface area (Å²) in [6.45, 7) is 1.69. The predicted octanol–water partition coefficient (Wildman–Crippen LogP) is 3.55. The van der Waals surface area contributed by atoms with E-state index in [4.69, 9.17) is 19.6 Å². The number of nitrogens with zero attached hydrogens (tertiary/aromatic N) is 3. The number of rotatable bonds is 7. The molecule has 12 nitrogen and oxygen atoms in total. The largest absolute Gasteiger partial charge is 0.467 e. The van der Waals surface area contributed by atoms with E-state index in [1.165, 1.54) is 19.1 Å². The molecule has 0 radical (unpaired) electrons. The van der Waals surface area contributed by atoms with Crippen molar-refractivity contribution < 1.29 is 32.6 Å². The minimum atomic E-state index is -1.23. The lowest BCUT2D eigenvalue weighted by atomic mass is 9.92. The number of aromatic nitrogens is 4. The first-order chi connectivity index (χ1) is 18.3. The molecule has 0 aliphatic carbocycles. The molecule has 0 spiro atoms. The number of nitrogens with two attached hydrogens (primary N) is 1. The number of aromatic amines is 1. The van der Waals surface area contributed by atoms with Crippen molar-refractivity contribution in [3.8, 4) is 22.6 Å². The first-order valence-electron chi connectivity index (χ1n) is 11.5. The molecule has 1 fully saturated rings. The average Bonchev–Trinajstić information content (AvgIpc) is 3.59. The summed E-state index contributed by atoms with van der Waals surface area (Å²) in [5.74, 6) is 0.125. The molecular weight excluding hydrogens is 499 g/mol. The van der Waals surface area contributed by atoms with Gasteiger partial charge >= 0.3 is 12.1 Å². The van der Waals surface area contributed by atoms with Gasteiger partial charge in [-0.1, -0.05) is 0 Å². The minimum Gasteiger partial charge on any atom is -0.467 e. The summed E-state index contributed by atoms with van der Waals surface area (Å²) in [6.07, 6.45) is 0.996. The van der Waals surface area contributed by atoms with Crippen LogP contribution >= 0.6 is 0 Å². The maximum atomic E-state index is 13.6. The highest BCUT2D eigenvalue weighted by Crippen LogP contribution is 2.36. The number of ether oxygens (including phenoxy) is 3. The van der Waals surface area contributed by atoms with Crippen molar-refractivity contribution in [2.45, 2.75) is 19.8 Å². The van der Waals surface area contributed by atoms with Crippen LogP contribution < -0.4 is 11.1 Å². The molecular formula is C25H23FN6O6. The van der Waals surface area contributed by atoms with Gasteiger partial charge in [-0.15, -0.1) is 0 Å². The number of furan rings is 1. The van der Waals surface area contributed by atoms with Crippen LogP contribution in [0.2, 0.25) is 0 Å². The van der Waals surface area contributed by atoms with E-state index >= 15 is 0 Å². The second-order valence-corrected chi connectivity index (χ2v) is 8.77. The van der Waals surface area contributed by atoms with E-state index in [2.05, 4.69) is 30.0 Å². The summed E-state index contributed by atoms with van der Waals surface area (Å²) in [5, 5.41) is 3.10. The molecule has 0 unspecified atom stereocenters. The first kappa shape index (κ1) is 25.0. The van der Waals surface area contributed by atoms with Crippen LogP contribution in [0.5, 0.6) is 0 Å². The molecule has 38 heavy (non-hydrogen) atoms. The molecule has 1 aliphatic heterocycles. The summed E-state index contributed by atoms with van der Waals surface area (Å²) in [4.78, 5) is 39.9. The van der Waals surface area contributed by atoms with Gasteiger partial charge in [-0.2, -0.15) is 0 Å². The fourth-order valence-corrected chi connectivity index (χ4v) is 3.77. The van der Waals surface area contributed by atoms with Crippen LogP contribution in [-0.4, -0.2) is 45.2 Å². The Bertz CT molecular complexity index is 1430. The molecule has 4 aromatic rings. The van der Waals surface area contributed by atoms with Crippen LogP contribution in [0.25, 0.3) is 22.6 Å². The highest BCUT2D eigenvalue weighted by atomic mass is 19.1. The molecule has 13 heteroatoms. The number of hydrogen-bond acceptors (Lipinski definition) is 10. The van der Waals surface area contributed by atoms with Gasteiger partial charge in [-0.3, -0.25) is 4.79 Å². The number of hydrogen-bond donors (Lipinski definition) is 3. The normalized spacial score (nSPS) is 19.2. The molecule has 0 bridgehead atoms. The fourth-order valence-electron chi connectivity index (χ4n) is 3.77. The number of benzene rings is 1. The summed E-state index contributed by atoms with van der Waals surface area (Å²) < 4.78 is 35.0. The van der Waals surface area contributed by atoms with Gasteiger partial charge in [0, 0.05) is 11.8 Å². The zero-order valence-corrected chi connectivity index (χ0v) is 20.1. The molecule has 0 atom stereocenters. The second kappa shape index (κ2) is 10.4. The van der Waals surface area contributed by atoms with Gasteiger partial charge in [0.05, 0.1) is 43.1 Å². The smallest absolute Gasteiger partial charge is 0.412 e. The van der Waals surface area contributed by atoms with E-state index in [0.29, 0.717) is 46.7 Å². The summed E-state index contributed by atoms with van der Waals surface area (Å²) in [7, 11) is 0. The Morgan fingerprint density at radius 1 is 1.18 bits per heavy atom. The van der Waals surface area contributed by atoms with Crippen LogP contribution in [0.15, 0.2) is 59.3 Å². The summed E-state index contributed by atoms with van der Waals surface area (Å²) in [6, 6.07) is 11.1. The number of esters is 1. The van der Waals surface area contributed by atoms with Crippen LogP contribution in [0.4, 0.5) is 15.1 Å². The number of anilines is 1. The van der Waals surface area contributed by atoms with Gasteiger partial charge in [-0.25, -0.2) is 24.1 Å². The fraction of sp³-hybridized carbons (Fsp3) is 0.240. The van der Waals surface area contributed by atoms with Crippen molar-refractivity contribution in [3.05, 3.63) is 72.3 Å². The van der Waals surface area contributed by atoms with Crippen molar-refractivity contribution in [2.75, 3.05) is 18.5 Å². The Labute approximate surface area is 215 Å². The third-order valence-electron chi connectivity index (χ3n) is 5.77. The Morgan fingerprint density at radius 2 is 1.95 bits per heavy atom. The van der Waals surface area contributed by atoms with Gasteiger partial charge in [0.15, 0.2) is 5.82 Å². The van der Waals surface area contributed by atoms with E-state index in [-0.39, 0.29) is 13.2 Å². The van der Waals surface area contributed by atoms with Crippen molar-refractivity contribution in [3.63, 3.8) is 0 Å². The molecule has 3 aromatic heterocycles. The second-order valence-electron chi connectivity index (χ2n) is 8.77. The molecule has 1 saturated heterocycles. The molecule has 1 amide bonds. The number of halogens is 1. The molecule has 5 rings (SSSR count). The van der Waals surface area contributed by atoms with Crippen LogP contribution in [0.1, 0.15) is 24.8 Å². The molecule has 0 saturated carbocycles. The third kappa shape index (κ3) is 5.38. The lowest BCUT2D eigenvalue weighted by Crippen LogP contribution is -2.45. The first-order valence-corrected chi connectivity index (χ1v) is 11.5. The van der Waals surface area contributed by atoms with Crippen molar-refractivity contribution in [1.29, 1.82) is 0 Å². The van der Waals surface area contributed by atoms with E-state index in [9.17, 15) is 14.0 Å². The van der Waals surface area contributed by atoms with E-state index in [1.807, 2.05) is 6.07 Å². The monoisotopic (exact) mass is 522 g/mol. The Kier molecular flexibility index (Phi) is 6.85. The zero-order valence-electron chi connectivity index (χ0n) is 20.1. The van der Waals surface area contributed by atoms with Gasteiger partial charge in [0.1, 0.15) is 17.0 Å². The Balaban J connectivity index is 1.42. The predicted molar refractivity (Wildman–Crippen MR) is 129 cm³/mol. The van der Waals surface area contributed by atoms with Crippen molar-refractivity contribution >= 4 is 18.0 Å². The number of primary amides is 1. The number of carbonyl (C=O) groups is 2. The van der Waals surface area contributed by atoms with Gasteiger partial charge in [-0.05, 0) is 49.4 Å². The zero-order chi connectivity index (χ0) is 26.7. The number of carbonyl (C=O) groups excluding carboxylic acids is 2. The lowest BCUT2D eigenvalue weighted by Gasteiger charge is -2.34. The maximum Gasteiger partial charge on any atom is 0.412 e. The van der Waals surface area contributed by atoms with E-state index < -0.39 is 29.6 Å². The Morgan fingerprint density at radius 3 is 2.63 bits per heavy atom. The summed E-state index contributed by atoms with van der Waals surface area (Å²) >= 11 is 0. The highest BCUT2D eigenvalue weighted by molar-refractivity contribution is 5.87. The van der Waals surface area contributed by atoms with Gasteiger partial charge in [0.25, 0.3) is 0 Å². The highest BCUT2D eigenvalue weighted by Gasteiger charge is 2.43. The topological polar surface area (TPSA) is 167 Å². The average molecular weight is 522 g/mol. The quantitative estimate of drug-likeness (QED) is 0.241. The SMILES string of the molecule is CC1(C(=O)OC(N)=O)COC(c2nc(-c3ccc(F)cc3)c(-c3ccnc(NCc4ccco4)n3)[nH]2)OC1. The van der Waals surface area contributed by atoms with Crippen molar-refractivity contribution in [1.82, 2.24) is 19.9 Å². The summed E-state index contributed by atoms with van der Waals surface area (Å²) in [5.41, 5.74) is 5.84. The van der Waals surface area contributed by atoms with Crippen LogP contribution in [-0.2, 0) is 25.5 Å². The van der Waals surface area contributed by atoms with Gasteiger partial charge < -0.3 is 34.7 Å². The Hall–Kier alpha value is -4.62. The number of amides is 1. The standard InChI is InChI=1S/C25H23FN6O6/c1-25(22(33)38-23(27)34)12-36-21(37-13-25)20-31-18(14-4-6-15(26)7-5-14)19(32-20)17-8-9-28-24(30-17)29-11-16-3-2-10-35-16/h2-10,21H,11-13H2,1H3,(H2,27,34)(H,31,32)(H,28,29,30). The van der Waals surface area contributed by atoms with Crippen LogP contribution in [0, 0.1) is 11.2 Å². The molecule has 196 valence electrons. The van der Waals surface area contributed by atoms with E-state index in [1.54, 1.807) is 36.7 Å². The minimum absolute atomic E-state index is 0.111. The van der Waals surface area contributed by atoms with E-state index in [0.717, 1.165) is 0 Å². The number of imidazole rings is 1. The molecule has 1 aliphatic rings. The molecule has 1 aromatic carbocycles. The maximum absolute atomic E-state index is 13.6. The third-order valence-corrected chi connectivity index (χ3v) is 5.77. The number of H-pyrrole nitrogens is 1. The van der Waals surface area contributed by atoms with Crippen LogP contribution in [0.3, 0.4) is 0 Å². The molecule has 4 N–H and O–H groups in total.